The molecule has 0 unspecified atom stereocenters. The molecule has 0 radical (unpaired) electrons. The SMILES string of the molecule is Fc1ccccc1CNc1nc(C(F)(F)F)ns1. The smallest absolute Gasteiger partial charge is 0.356 e. The number of benzene rings is 1. The molecule has 0 bridgehead atoms. The molecule has 0 fully saturated rings. The number of hydrogen-bond donors (Lipinski definition) is 1. The van der Waals surface area contributed by atoms with Crippen molar-refractivity contribution in [1.29, 1.82) is 0 Å². The number of halogens is 4. The van der Waals surface area contributed by atoms with Crippen LogP contribution in [0.25, 0.3) is 0 Å². The number of anilines is 1. The van der Waals surface area contributed by atoms with Gasteiger partial charge in [0.1, 0.15) is 5.82 Å². The Morgan fingerprint density at radius 3 is 2.56 bits per heavy atom. The van der Waals surface area contributed by atoms with Crippen molar-refractivity contribution in [3.63, 3.8) is 0 Å². The Morgan fingerprint density at radius 2 is 1.94 bits per heavy atom. The van der Waals surface area contributed by atoms with Gasteiger partial charge >= 0.3 is 6.18 Å². The molecule has 2 aromatic rings. The molecule has 0 amide bonds. The van der Waals surface area contributed by atoms with Crippen LogP contribution in [-0.4, -0.2) is 9.36 Å². The molecule has 0 saturated heterocycles. The second-order valence-corrected chi connectivity index (χ2v) is 4.12. The van der Waals surface area contributed by atoms with Gasteiger partial charge in [0.15, 0.2) is 0 Å². The Morgan fingerprint density at radius 1 is 1.22 bits per heavy atom. The summed E-state index contributed by atoms with van der Waals surface area (Å²) < 4.78 is 53.1. The Labute approximate surface area is 104 Å². The van der Waals surface area contributed by atoms with Gasteiger partial charge in [0.25, 0.3) is 0 Å². The van der Waals surface area contributed by atoms with Gasteiger partial charge in [-0.2, -0.15) is 22.5 Å². The third-order valence-electron chi connectivity index (χ3n) is 2.07. The Hall–Kier alpha value is -1.70. The fraction of sp³-hybridized carbons (Fsp3) is 0.200. The minimum absolute atomic E-state index is 0.00516. The van der Waals surface area contributed by atoms with E-state index in [9.17, 15) is 17.6 Å². The lowest BCUT2D eigenvalue weighted by atomic mass is 10.2. The highest BCUT2D eigenvalue weighted by atomic mass is 32.1. The summed E-state index contributed by atoms with van der Waals surface area (Å²) in [7, 11) is 0. The van der Waals surface area contributed by atoms with E-state index in [2.05, 4.69) is 14.7 Å². The van der Waals surface area contributed by atoms with E-state index < -0.39 is 17.8 Å². The van der Waals surface area contributed by atoms with Gasteiger partial charge in [0, 0.05) is 23.6 Å². The van der Waals surface area contributed by atoms with Crippen LogP contribution >= 0.6 is 11.5 Å². The maximum absolute atomic E-state index is 13.2. The molecule has 8 heteroatoms. The highest BCUT2D eigenvalue weighted by Gasteiger charge is 2.36. The first kappa shape index (κ1) is 12.7. The highest BCUT2D eigenvalue weighted by molar-refractivity contribution is 7.09. The van der Waals surface area contributed by atoms with Gasteiger partial charge in [-0.1, -0.05) is 18.2 Å². The van der Waals surface area contributed by atoms with Crippen molar-refractivity contribution in [3.8, 4) is 0 Å². The zero-order valence-electron chi connectivity index (χ0n) is 8.83. The van der Waals surface area contributed by atoms with Crippen LogP contribution in [0.15, 0.2) is 24.3 Å². The van der Waals surface area contributed by atoms with Crippen LogP contribution in [-0.2, 0) is 12.7 Å². The fourth-order valence-corrected chi connectivity index (χ4v) is 1.80. The summed E-state index contributed by atoms with van der Waals surface area (Å²) in [5.74, 6) is -1.62. The predicted octanol–water partition coefficient (Wildman–Crippen LogP) is 3.31. The van der Waals surface area contributed by atoms with Crippen molar-refractivity contribution in [2.24, 2.45) is 0 Å². The van der Waals surface area contributed by atoms with Crippen LogP contribution in [0.5, 0.6) is 0 Å². The van der Waals surface area contributed by atoms with Crippen molar-refractivity contribution < 1.29 is 17.6 Å². The first-order valence-corrected chi connectivity index (χ1v) is 5.62. The van der Waals surface area contributed by atoms with Crippen LogP contribution in [0.3, 0.4) is 0 Å². The summed E-state index contributed by atoms with van der Waals surface area (Å²) in [6, 6.07) is 5.99. The second-order valence-electron chi connectivity index (χ2n) is 3.37. The number of nitrogens with one attached hydrogen (secondary N) is 1. The molecular formula is C10H7F4N3S. The van der Waals surface area contributed by atoms with Crippen LogP contribution < -0.4 is 5.32 Å². The Bertz CT molecular complexity index is 538. The first-order chi connectivity index (χ1) is 8.47. The van der Waals surface area contributed by atoms with E-state index in [-0.39, 0.29) is 11.7 Å². The number of aromatic nitrogens is 2. The second kappa shape index (κ2) is 4.89. The third kappa shape index (κ3) is 2.95. The normalized spacial score (nSPS) is 11.6. The summed E-state index contributed by atoms with van der Waals surface area (Å²) in [4.78, 5) is 3.28. The summed E-state index contributed by atoms with van der Waals surface area (Å²) in [5, 5.41) is 2.60. The van der Waals surface area contributed by atoms with Crippen molar-refractivity contribution in [3.05, 3.63) is 41.5 Å². The molecule has 0 aliphatic rings. The average Bonchev–Trinajstić information content (AvgIpc) is 2.76. The summed E-state index contributed by atoms with van der Waals surface area (Å²) >= 11 is 0.587. The van der Waals surface area contributed by atoms with E-state index in [1.54, 1.807) is 6.07 Å². The average molecular weight is 277 g/mol. The topological polar surface area (TPSA) is 37.8 Å². The first-order valence-electron chi connectivity index (χ1n) is 4.85. The summed E-state index contributed by atoms with van der Waals surface area (Å²) in [6.07, 6.45) is -4.56. The summed E-state index contributed by atoms with van der Waals surface area (Å²) in [5.41, 5.74) is 0.348. The molecule has 0 atom stereocenters. The molecule has 0 aliphatic carbocycles. The van der Waals surface area contributed by atoms with E-state index in [1.807, 2.05) is 0 Å². The van der Waals surface area contributed by atoms with Gasteiger partial charge in [-0.3, -0.25) is 0 Å². The molecule has 0 aliphatic heterocycles. The highest BCUT2D eigenvalue weighted by Crippen LogP contribution is 2.29. The molecule has 2 rings (SSSR count). The molecule has 18 heavy (non-hydrogen) atoms. The number of hydrogen-bond acceptors (Lipinski definition) is 4. The molecule has 0 spiro atoms. The van der Waals surface area contributed by atoms with E-state index >= 15 is 0 Å². The number of nitrogens with zero attached hydrogens (tertiary/aromatic N) is 2. The largest absolute Gasteiger partial charge is 0.452 e. The molecule has 1 aromatic carbocycles. The van der Waals surface area contributed by atoms with E-state index in [0.29, 0.717) is 17.1 Å². The molecule has 1 aromatic heterocycles. The lowest BCUT2D eigenvalue weighted by molar-refractivity contribution is -0.144. The third-order valence-corrected chi connectivity index (χ3v) is 2.74. The zero-order valence-corrected chi connectivity index (χ0v) is 9.65. The van der Waals surface area contributed by atoms with Gasteiger partial charge in [-0.05, 0) is 6.07 Å². The zero-order chi connectivity index (χ0) is 13.2. The van der Waals surface area contributed by atoms with Gasteiger partial charge in [-0.15, -0.1) is 0 Å². The van der Waals surface area contributed by atoms with Gasteiger partial charge < -0.3 is 5.32 Å². The quantitative estimate of drug-likeness (QED) is 0.875. The summed E-state index contributed by atoms with van der Waals surface area (Å²) in [6.45, 7) is 0.0547. The minimum atomic E-state index is -4.56. The number of rotatable bonds is 3. The lowest BCUT2D eigenvalue weighted by Crippen LogP contribution is -2.08. The van der Waals surface area contributed by atoms with Crippen molar-refractivity contribution in [2.45, 2.75) is 12.7 Å². The predicted molar refractivity (Wildman–Crippen MR) is 58.6 cm³/mol. The van der Waals surface area contributed by atoms with Gasteiger partial charge in [0.05, 0.1) is 0 Å². The van der Waals surface area contributed by atoms with E-state index in [1.165, 1.54) is 18.2 Å². The monoisotopic (exact) mass is 277 g/mol. The Kier molecular flexibility index (Phi) is 3.46. The van der Waals surface area contributed by atoms with Crippen molar-refractivity contribution in [1.82, 2.24) is 9.36 Å². The fourth-order valence-electron chi connectivity index (χ4n) is 1.22. The molecule has 1 heterocycles. The van der Waals surface area contributed by atoms with Gasteiger partial charge in [0.2, 0.25) is 11.0 Å². The van der Waals surface area contributed by atoms with Crippen LogP contribution in [0.2, 0.25) is 0 Å². The van der Waals surface area contributed by atoms with E-state index in [4.69, 9.17) is 0 Å². The minimum Gasteiger partial charge on any atom is -0.356 e. The molecule has 3 nitrogen and oxygen atoms in total. The molecule has 1 N–H and O–H groups in total. The molecular weight excluding hydrogens is 270 g/mol. The van der Waals surface area contributed by atoms with Crippen LogP contribution in [0.4, 0.5) is 22.7 Å². The van der Waals surface area contributed by atoms with E-state index in [0.717, 1.165) is 0 Å². The van der Waals surface area contributed by atoms with Crippen molar-refractivity contribution in [2.75, 3.05) is 5.32 Å². The standard InChI is InChI=1S/C10H7F4N3S/c11-7-4-2-1-3-6(7)5-15-9-16-8(17-18-9)10(12,13)14/h1-4H,5H2,(H,15,16,17). The molecule has 0 saturated carbocycles. The van der Waals surface area contributed by atoms with Crippen molar-refractivity contribution >= 4 is 16.7 Å². The number of alkyl halides is 3. The van der Waals surface area contributed by atoms with Gasteiger partial charge in [-0.25, -0.2) is 4.39 Å². The Balaban J connectivity index is 2.03. The van der Waals surface area contributed by atoms with Crippen LogP contribution in [0, 0.1) is 5.82 Å². The maximum Gasteiger partial charge on any atom is 0.452 e. The maximum atomic E-state index is 13.2. The lowest BCUT2D eigenvalue weighted by Gasteiger charge is -2.03. The molecule has 96 valence electrons. The van der Waals surface area contributed by atoms with Crippen LogP contribution in [0.1, 0.15) is 11.4 Å².